The summed E-state index contributed by atoms with van der Waals surface area (Å²) in [5.41, 5.74) is 0. The summed E-state index contributed by atoms with van der Waals surface area (Å²) in [5, 5.41) is 15.5. The highest BCUT2D eigenvalue weighted by Gasteiger charge is 2.15. The maximum absolute atomic E-state index is 9.31. The van der Waals surface area contributed by atoms with E-state index in [0.717, 1.165) is 13.0 Å². The summed E-state index contributed by atoms with van der Waals surface area (Å²) in [6, 6.07) is 0.141. The number of aliphatic hydroxyl groups is 1. The van der Waals surface area contributed by atoms with Gasteiger partial charge in [-0.3, -0.25) is 0 Å². The fourth-order valence-corrected chi connectivity index (χ4v) is 1.42. The molecule has 0 amide bonds. The third kappa shape index (κ3) is 4.86. The second-order valence-corrected chi connectivity index (χ2v) is 4.57. The predicted octanol–water partition coefficient (Wildman–Crippen LogP) is 1.13. The molecule has 0 spiro atoms. The molecule has 1 aromatic heterocycles. The minimum absolute atomic E-state index is 0.0172. The number of nitrogens with one attached hydrogen (secondary N) is 2. The number of rotatable bonds is 8. The Kier molecular flexibility index (Phi) is 6.27. The fraction of sp³-hybridized carbons (Fsp3) is 0.750. The molecule has 0 bridgehead atoms. The number of aromatic nitrogens is 3. The van der Waals surface area contributed by atoms with Crippen molar-refractivity contribution in [2.75, 3.05) is 30.9 Å². The highest BCUT2D eigenvalue weighted by atomic mass is 16.5. The van der Waals surface area contributed by atoms with E-state index in [1.54, 1.807) is 0 Å². The molecule has 0 unspecified atom stereocenters. The molecular weight excluding hydrogens is 246 g/mol. The first-order valence-corrected chi connectivity index (χ1v) is 6.52. The maximum atomic E-state index is 9.31. The topological polar surface area (TPSA) is 92.2 Å². The van der Waals surface area contributed by atoms with E-state index in [-0.39, 0.29) is 24.6 Å². The van der Waals surface area contributed by atoms with E-state index >= 15 is 0 Å². The quantitative estimate of drug-likeness (QED) is 0.651. The van der Waals surface area contributed by atoms with Gasteiger partial charge in [-0.05, 0) is 12.3 Å². The van der Waals surface area contributed by atoms with Crippen molar-refractivity contribution in [2.45, 2.75) is 33.2 Å². The van der Waals surface area contributed by atoms with Gasteiger partial charge in [-0.25, -0.2) is 0 Å². The standard InChI is InChI=1S/C12H23N5O2/c1-5-6-13-10-15-11(17-12(16-10)19-4)14-9(7-18)8(2)3/h8-9,18H,5-7H2,1-4H3,(H2,13,14,15,16,17)/t9-/m1/s1. The van der Waals surface area contributed by atoms with Crippen molar-refractivity contribution in [3.05, 3.63) is 0 Å². The van der Waals surface area contributed by atoms with Crippen molar-refractivity contribution in [1.29, 1.82) is 0 Å². The lowest BCUT2D eigenvalue weighted by atomic mass is 10.1. The van der Waals surface area contributed by atoms with Crippen LogP contribution in [0.15, 0.2) is 0 Å². The van der Waals surface area contributed by atoms with Gasteiger partial charge in [0.1, 0.15) is 0 Å². The van der Waals surface area contributed by atoms with Crippen molar-refractivity contribution in [1.82, 2.24) is 15.0 Å². The SMILES string of the molecule is CCCNc1nc(N[C@H](CO)C(C)C)nc(OC)n1. The van der Waals surface area contributed by atoms with Crippen LogP contribution in [0.25, 0.3) is 0 Å². The summed E-state index contributed by atoms with van der Waals surface area (Å²) in [6.45, 7) is 6.89. The third-order valence-electron chi connectivity index (χ3n) is 2.65. The first-order valence-electron chi connectivity index (χ1n) is 6.52. The van der Waals surface area contributed by atoms with Gasteiger partial charge in [0.2, 0.25) is 11.9 Å². The summed E-state index contributed by atoms with van der Waals surface area (Å²) in [7, 11) is 1.51. The van der Waals surface area contributed by atoms with Crippen LogP contribution in [0.4, 0.5) is 11.9 Å². The van der Waals surface area contributed by atoms with Gasteiger partial charge in [0.25, 0.3) is 0 Å². The molecule has 1 heterocycles. The van der Waals surface area contributed by atoms with Gasteiger partial charge in [-0.2, -0.15) is 15.0 Å². The highest BCUT2D eigenvalue weighted by Crippen LogP contribution is 2.13. The van der Waals surface area contributed by atoms with Gasteiger partial charge < -0.3 is 20.5 Å². The van der Waals surface area contributed by atoms with E-state index in [1.165, 1.54) is 7.11 Å². The lowest BCUT2D eigenvalue weighted by Gasteiger charge is -2.20. The number of ether oxygens (including phenoxy) is 1. The Bertz CT molecular complexity index is 386. The van der Waals surface area contributed by atoms with E-state index in [0.29, 0.717) is 11.9 Å². The summed E-state index contributed by atoms with van der Waals surface area (Å²) in [6.07, 6.45) is 0.974. The van der Waals surface area contributed by atoms with Crippen molar-refractivity contribution < 1.29 is 9.84 Å². The van der Waals surface area contributed by atoms with E-state index < -0.39 is 0 Å². The van der Waals surface area contributed by atoms with E-state index in [2.05, 4.69) is 32.5 Å². The molecule has 7 heteroatoms. The molecule has 3 N–H and O–H groups in total. The van der Waals surface area contributed by atoms with E-state index in [9.17, 15) is 5.11 Å². The monoisotopic (exact) mass is 269 g/mol. The van der Waals surface area contributed by atoms with Gasteiger partial charge in [0.05, 0.1) is 19.8 Å². The Balaban J connectivity index is 2.86. The third-order valence-corrected chi connectivity index (χ3v) is 2.65. The molecule has 0 aliphatic carbocycles. The van der Waals surface area contributed by atoms with Gasteiger partial charge in [-0.15, -0.1) is 0 Å². The van der Waals surface area contributed by atoms with Crippen LogP contribution in [0.5, 0.6) is 6.01 Å². The number of hydrogen-bond acceptors (Lipinski definition) is 7. The minimum Gasteiger partial charge on any atom is -0.467 e. The van der Waals surface area contributed by atoms with Crippen LogP contribution >= 0.6 is 0 Å². The smallest absolute Gasteiger partial charge is 0.322 e. The first-order chi connectivity index (χ1) is 9.10. The lowest BCUT2D eigenvalue weighted by molar-refractivity contribution is 0.248. The normalized spacial score (nSPS) is 12.3. The Morgan fingerprint density at radius 3 is 2.42 bits per heavy atom. The fourth-order valence-electron chi connectivity index (χ4n) is 1.42. The molecule has 0 saturated heterocycles. The zero-order valence-corrected chi connectivity index (χ0v) is 12.0. The van der Waals surface area contributed by atoms with Gasteiger partial charge in [0.15, 0.2) is 0 Å². The first kappa shape index (κ1) is 15.4. The van der Waals surface area contributed by atoms with Crippen LogP contribution in [-0.4, -0.2) is 46.4 Å². The Hall–Kier alpha value is -1.63. The number of anilines is 2. The number of hydrogen-bond donors (Lipinski definition) is 3. The molecule has 0 radical (unpaired) electrons. The average molecular weight is 269 g/mol. The number of nitrogens with zero attached hydrogens (tertiary/aromatic N) is 3. The minimum atomic E-state index is -0.105. The second kappa shape index (κ2) is 7.73. The van der Waals surface area contributed by atoms with Crippen LogP contribution in [0.1, 0.15) is 27.2 Å². The van der Waals surface area contributed by atoms with Crippen LogP contribution in [0.2, 0.25) is 0 Å². The predicted molar refractivity (Wildman–Crippen MR) is 74.5 cm³/mol. The number of methoxy groups -OCH3 is 1. The molecule has 1 atom stereocenters. The molecule has 1 aromatic rings. The second-order valence-electron chi connectivity index (χ2n) is 4.57. The van der Waals surface area contributed by atoms with Crippen LogP contribution < -0.4 is 15.4 Å². The lowest BCUT2D eigenvalue weighted by Crippen LogP contribution is -2.30. The van der Waals surface area contributed by atoms with Gasteiger partial charge in [0, 0.05) is 6.54 Å². The largest absolute Gasteiger partial charge is 0.467 e. The molecule has 7 nitrogen and oxygen atoms in total. The average Bonchev–Trinajstić information content (AvgIpc) is 2.41. The molecule has 0 aliphatic heterocycles. The molecule has 0 fully saturated rings. The van der Waals surface area contributed by atoms with Crippen LogP contribution in [0.3, 0.4) is 0 Å². The van der Waals surface area contributed by atoms with Crippen molar-refractivity contribution in [3.63, 3.8) is 0 Å². The molecule has 19 heavy (non-hydrogen) atoms. The molecule has 0 aromatic carbocycles. The van der Waals surface area contributed by atoms with Crippen LogP contribution in [0, 0.1) is 5.92 Å². The molecule has 1 rings (SSSR count). The molecule has 108 valence electrons. The Morgan fingerprint density at radius 1 is 1.21 bits per heavy atom. The van der Waals surface area contributed by atoms with Crippen molar-refractivity contribution in [2.24, 2.45) is 5.92 Å². The van der Waals surface area contributed by atoms with Crippen LogP contribution in [-0.2, 0) is 0 Å². The maximum Gasteiger partial charge on any atom is 0.322 e. The number of aliphatic hydroxyl groups excluding tert-OH is 1. The van der Waals surface area contributed by atoms with Gasteiger partial charge in [-0.1, -0.05) is 20.8 Å². The van der Waals surface area contributed by atoms with Crippen molar-refractivity contribution in [3.8, 4) is 6.01 Å². The molecule has 0 aliphatic rings. The van der Waals surface area contributed by atoms with Gasteiger partial charge >= 0.3 is 6.01 Å². The highest BCUT2D eigenvalue weighted by molar-refractivity contribution is 5.36. The summed E-state index contributed by atoms with van der Waals surface area (Å²) < 4.78 is 5.05. The molecular formula is C12H23N5O2. The zero-order valence-electron chi connectivity index (χ0n) is 12.0. The Labute approximate surface area is 113 Å². The summed E-state index contributed by atoms with van der Waals surface area (Å²) in [5.74, 6) is 1.13. The van der Waals surface area contributed by atoms with E-state index in [1.807, 2.05) is 13.8 Å². The Morgan fingerprint density at radius 2 is 1.89 bits per heavy atom. The zero-order chi connectivity index (χ0) is 14.3. The summed E-state index contributed by atoms with van der Waals surface area (Å²) in [4.78, 5) is 12.5. The van der Waals surface area contributed by atoms with E-state index in [4.69, 9.17) is 4.74 Å². The summed E-state index contributed by atoms with van der Waals surface area (Å²) >= 11 is 0. The molecule has 0 saturated carbocycles. The van der Waals surface area contributed by atoms with Crippen molar-refractivity contribution >= 4 is 11.9 Å².